The van der Waals surface area contributed by atoms with Crippen LogP contribution in [0.15, 0.2) is 23.2 Å². The fraction of sp³-hybridized carbons (Fsp3) is 0.611. The van der Waals surface area contributed by atoms with Gasteiger partial charge < -0.3 is 20.1 Å². The summed E-state index contributed by atoms with van der Waals surface area (Å²) < 4.78 is 48.3. The van der Waals surface area contributed by atoms with Crippen LogP contribution in [0.3, 0.4) is 0 Å². The maximum atomic E-state index is 12.3. The molecule has 0 radical (unpaired) electrons. The molecule has 26 heavy (non-hydrogen) atoms. The van der Waals surface area contributed by atoms with Crippen molar-refractivity contribution in [1.82, 2.24) is 10.6 Å². The van der Waals surface area contributed by atoms with Crippen molar-refractivity contribution in [3.8, 4) is 11.5 Å². The molecule has 1 aromatic rings. The number of rotatable bonds is 7. The van der Waals surface area contributed by atoms with Crippen molar-refractivity contribution in [2.75, 3.05) is 20.7 Å². The average Bonchev–Trinajstić information content (AvgIpc) is 3.11. The van der Waals surface area contributed by atoms with Crippen LogP contribution in [-0.2, 0) is 6.54 Å². The Labute approximate surface area is 152 Å². The molecule has 1 aromatic carbocycles. The lowest BCUT2D eigenvalue weighted by Crippen LogP contribution is -2.38. The summed E-state index contributed by atoms with van der Waals surface area (Å²) in [5, 5.41) is 5.69. The first-order valence-electron chi connectivity index (χ1n) is 8.76. The average molecular weight is 373 g/mol. The third kappa shape index (κ3) is 6.31. The smallest absolute Gasteiger partial charge is 0.390 e. The van der Waals surface area contributed by atoms with E-state index < -0.39 is 12.6 Å². The number of para-hydroxylation sites is 1. The summed E-state index contributed by atoms with van der Waals surface area (Å²) in [4.78, 5) is 3.95. The molecule has 0 heterocycles. The summed E-state index contributed by atoms with van der Waals surface area (Å²) in [7, 11) is 3.11. The minimum atomic E-state index is -4.19. The van der Waals surface area contributed by atoms with E-state index in [1.807, 2.05) is 18.2 Å². The Morgan fingerprint density at radius 2 is 1.96 bits per heavy atom. The number of nitrogens with zero attached hydrogens (tertiary/aromatic N) is 1. The lowest BCUT2D eigenvalue weighted by Gasteiger charge is -2.20. The molecule has 0 aliphatic heterocycles. The largest absolute Gasteiger partial charge is 0.493 e. The third-order valence-corrected chi connectivity index (χ3v) is 4.24. The van der Waals surface area contributed by atoms with E-state index >= 15 is 0 Å². The lowest BCUT2D eigenvalue weighted by molar-refractivity contribution is -0.132. The molecule has 0 saturated heterocycles. The molecule has 0 atom stereocenters. The van der Waals surface area contributed by atoms with Gasteiger partial charge in [0.2, 0.25) is 0 Å². The fourth-order valence-corrected chi connectivity index (χ4v) is 2.89. The first-order valence-corrected chi connectivity index (χ1v) is 8.76. The van der Waals surface area contributed by atoms with Gasteiger partial charge in [0.15, 0.2) is 17.5 Å². The Morgan fingerprint density at radius 3 is 2.58 bits per heavy atom. The van der Waals surface area contributed by atoms with Crippen LogP contribution in [0.2, 0.25) is 0 Å². The van der Waals surface area contributed by atoms with Gasteiger partial charge in [0.25, 0.3) is 0 Å². The number of nitrogens with one attached hydrogen (secondary N) is 2. The van der Waals surface area contributed by atoms with Gasteiger partial charge in [-0.2, -0.15) is 13.2 Å². The number of benzene rings is 1. The number of guanidine groups is 1. The normalized spacial score (nSPS) is 15.8. The molecular formula is C18H26F3N3O2. The van der Waals surface area contributed by atoms with Gasteiger partial charge in [0.1, 0.15) is 0 Å². The van der Waals surface area contributed by atoms with Gasteiger partial charge in [-0.1, -0.05) is 12.1 Å². The van der Waals surface area contributed by atoms with Gasteiger partial charge in [-0.25, -0.2) is 0 Å². The van der Waals surface area contributed by atoms with E-state index in [1.165, 1.54) is 7.05 Å². The number of methoxy groups -OCH3 is 1. The standard InChI is InChI=1S/C18H26F3N3O2/c1-22-17(23-11-10-18(19,20)21)24-12-13-6-5-9-15(25-2)16(13)26-14-7-3-4-8-14/h5-6,9,14H,3-4,7-8,10-12H2,1-2H3,(H2,22,23,24). The Hall–Kier alpha value is -2.12. The number of hydrogen-bond acceptors (Lipinski definition) is 3. The topological polar surface area (TPSA) is 54.9 Å². The molecule has 0 spiro atoms. The van der Waals surface area contributed by atoms with Crippen LogP contribution in [0.5, 0.6) is 11.5 Å². The van der Waals surface area contributed by atoms with E-state index in [1.54, 1.807) is 7.11 Å². The van der Waals surface area contributed by atoms with Crippen molar-refractivity contribution in [3.05, 3.63) is 23.8 Å². The summed E-state index contributed by atoms with van der Waals surface area (Å²) in [6, 6.07) is 5.60. The summed E-state index contributed by atoms with van der Waals surface area (Å²) in [5.74, 6) is 1.64. The van der Waals surface area contributed by atoms with Crippen LogP contribution in [0, 0.1) is 0 Å². The van der Waals surface area contributed by atoms with E-state index in [-0.39, 0.29) is 12.6 Å². The van der Waals surface area contributed by atoms with Gasteiger partial charge >= 0.3 is 6.18 Å². The van der Waals surface area contributed by atoms with Gasteiger partial charge in [-0.3, -0.25) is 4.99 Å². The van der Waals surface area contributed by atoms with Crippen LogP contribution < -0.4 is 20.1 Å². The summed E-state index contributed by atoms with van der Waals surface area (Å²) in [5.41, 5.74) is 0.870. The number of aliphatic imine (C=N–C) groups is 1. The maximum absolute atomic E-state index is 12.3. The van der Waals surface area contributed by atoms with Crippen molar-refractivity contribution in [1.29, 1.82) is 0 Å². The number of alkyl halides is 3. The molecule has 0 bridgehead atoms. The minimum Gasteiger partial charge on any atom is -0.493 e. The molecule has 1 aliphatic rings. The molecule has 0 aromatic heterocycles. The summed E-state index contributed by atoms with van der Waals surface area (Å²) in [6.45, 7) is 0.137. The van der Waals surface area contributed by atoms with Crippen molar-refractivity contribution in [2.45, 2.75) is 50.9 Å². The molecule has 5 nitrogen and oxygen atoms in total. The zero-order valence-electron chi connectivity index (χ0n) is 15.2. The summed E-state index contributed by atoms with van der Waals surface area (Å²) >= 11 is 0. The van der Waals surface area contributed by atoms with Crippen LogP contribution in [0.1, 0.15) is 37.7 Å². The molecule has 146 valence electrons. The monoisotopic (exact) mass is 373 g/mol. The predicted octanol–water partition coefficient (Wildman–Crippen LogP) is 3.63. The second-order valence-electron chi connectivity index (χ2n) is 6.19. The second-order valence-corrected chi connectivity index (χ2v) is 6.19. The Kier molecular flexibility index (Phi) is 7.41. The molecule has 2 N–H and O–H groups in total. The van der Waals surface area contributed by atoms with E-state index in [4.69, 9.17) is 9.47 Å². The highest BCUT2D eigenvalue weighted by molar-refractivity contribution is 5.79. The molecule has 0 amide bonds. The van der Waals surface area contributed by atoms with Gasteiger partial charge in [0.05, 0.1) is 19.6 Å². The van der Waals surface area contributed by atoms with Crippen molar-refractivity contribution >= 4 is 5.96 Å². The van der Waals surface area contributed by atoms with E-state index in [9.17, 15) is 13.2 Å². The number of ether oxygens (including phenoxy) is 2. The molecule has 1 fully saturated rings. The van der Waals surface area contributed by atoms with E-state index in [0.717, 1.165) is 31.2 Å². The third-order valence-electron chi connectivity index (χ3n) is 4.24. The molecule has 2 rings (SSSR count). The van der Waals surface area contributed by atoms with Gasteiger partial charge in [-0.15, -0.1) is 0 Å². The second kappa shape index (κ2) is 9.54. The van der Waals surface area contributed by atoms with Crippen LogP contribution in [0.4, 0.5) is 13.2 Å². The number of hydrogen-bond donors (Lipinski definition) is 2. The van der Waals surface area contributed by atoms with Crippen LogP contribution in [-0.4, -0.2) is 38.9 Å². The Bertz CT molecular complexity index is 600. The minimum absolute atomic E-state index is 0.175. The van der Waals surface area contributed by atoms with Crippen molar-refractivity contribution in [2.24, 2.45) is 4.99 Å². The predicted molar refractivity (Wildman–Crippen MR) is 94.8 cm³/mol. The molecular weight excluding hydrogens is 347 g/mol. The van der Waals surface area contributed by atoms with Crippen molar-refractivity contribution < 1.29 is 22.6 Å². The van der Waals surface area contributed by atoms with E-state index in [0.29, 0.717) is 24.0 Å². The zero-order chi connectivity index (χ0) is 19.0. The maximum Gasteiger partial charge on any atom is 0.390 e. The molecule has 1 aliphatic carbocycles. The summed E-state index contributed by atoms with van der Waals surface area (Å²) in [6.07, 6.45) is -0.581. The first-order chi connectivity index (χ1) is 12.4. The highest BCUT2D eigenvalue weighted by Crippen LogP contribution is 2.34. The Balaban J connectivity index is 1.98. The molecule has 1 saturated carbocycles. The fourth-order valence-electron chi connectivity index (χ4n) is 2.89. The van der Waals surface area contributed by atoms with E-state index in [2.05, 4.69) is 15.6 Å². The number of halogens is 3. The highest BCUT2D eigenvalue weighted by atomic mass is 19.4. The lowest BCUT2D eigenvalue weighted by atomic mass is 10.1. The van der Waals surface area contributed by atoms with Crippen LogP contribution in [0.25, 0.3) is 0 Å². The highest BCUT2D eigenvalue weighted by Gasteiger charge is 2.26. The first kappa shape index (κ1) is 20.2. The van der Waals surface area contributed by atoms with Crippen LogP contribution >= 0.6 is 0 Å². The molecule has 8 heteroatoms. The SMILES string of the molecule is CN=C(NCCC(F)(F)F)NCc1cccc(OC)c1OC1CCCC1. The van der Waals surface area contributed by atoms with Gasteiger partial charge in [0, 0.05) is 25.7 Å². The zero-order valence-corrected chi connectivity index (χ0v) is 15.2. The molecule has 0 unspecified atom stereocenters. The van der Waals surface area contributed by atoms with Gasteiger partial charge in [-0.05, 0) is 31.7 Å². The van der Waals surface area contributed by atoms with Crippen molar-refractivity contribution in [3.63, 3.8) is 0 Å². The quantitative estimate of drug-likeness (QED) is 0.566. The Morgan fingerprint density at radius 1 is 1.23 bits per heavy atom.